The van der Waals surface area contributed by atoms with Crippen LogP contribution < -0.4 is 15.0 Å². The molecule has 17 heteroatoms. The highest BCUT2D eigenvalue weighted by atomic mass is 35.5. The first-order valence-electron chi connectivity index (χ1n) is 16.8. The Morgan fingerprint density at radius 3 is 2.42 bits per heavy atom. The number of fused-ring (bicyclic) bond motifs is 1. The summed E-state index contributed by atoms with van der Waals surface area (Å²) in [5.41, 5.74) is -2.13. The number of nitrogens with zero attached hydrogens (tertiary/aromatic N) is 5. The van der Waals surface area contributed by atoms with Crippen LogP contribution in [0.15, 0.2) is 17.3 Å². The minimum atomic E-state index is -1.77. The number of benzene rings is 2. The number of aromatic nitrogens is 2. The van der Waals surface area contributed by atoms with Crippen molar-refractivity contribution < 1.29 is 36.8 Å². The average molecular weight is 789 g/mol. The van der Waals surface area contributed by atoms with Crippen molar-refractivity contribution >= 4 is 77.7 Å². The number of amides is 2. The van der Waals surface area contributed by atoms with Crippen molar-refractivity contribution in [3.63, 3.8) is 0 Å². The van der Waals surface area contributed by atoms with E-state index < -0.39 is 51.9 Å². The summed E-state index contributed by atoms with van der Waals surface area (Å²) in [5.74, 6) is -1.37. The molecule has 1 unspecified atom stereocenters. The number of carbonyl (C=O) groups excluding carboxylic acids is 2. The zero-order valence-corrected chi connectivity index (χ0v) is 33.0. The number of halogens is 3. The Kier molecular flexibility index (Phi) is 10.0. The van der Waals surface area contributed by atoms with Crippen molar-refractivity contribution in [1.82, 2.24) is 14.9 Å². The first-order valence-corrected chi connectivity index (χ1v) is 19.6. The Labute approximate surface area is 316 Å². The van der Waals surface area contributed by atoms with Gasteiger partial charge in [0.15, 0.2) is 11.6 Å². The number of carbonyl (C=O) groups is 2. The number of ether oxygens (including phenoxy) is 3. The van der Waals surface area contributed by atoms with E-state index in [1.54, 1.807) is 53.4 Å². The average Bonchev–Trinajstić information content (AvgIpc) is 3.56. The van der Waals surface area contributed by atoms with E-state index >= 15 is 8.78 Å². The minimum absolute atomic E-state index is 0.00143. The molecule has 2 amide bonds. The molecule has 1 saturated heterocycles. The molecule has 6 rings (SSSR count). The molecule has 0 radical (unpaired) electrons. The fourth-order valence-electron chi connectivity index (χ4n) is 6.70. The number of nitrogens with one attached hydrogen (secondary N) is 1. The minimum Gasteiger partial charge on any atom is -0.486 e. The molecule has 2 aliphatic rings. The van der Waals surface area contributed by atoms with Crippen molar-refractivity contribution in [1.29, 1.82) is 5.26 Å². The molecule has 0 aliphatic carbocycles. The molecule has 2 aromatic carbocycles. The highest BCUT2D eigenvalue weighted by Crippen LogP contribution is 2.51. The van der Waals surface area contributed by atoms with Gasteiger partial charge in [-0.25, -0.2) is 28.3 Å². The van der Waals surface area contributed by atoms with Crippen LogP contribution in [0.4, 0.5) is 29.2 Å². The molecule has 0 bridgehead atoms. The smallest absolute Gasteiger partial charge is 0.412 e. The number of hydrogen-bond acceptors (Lipinski definition) is 11. The predicted molar refractivity (Wildman–Crippen MR) is 200 cm³/mol. The van der Waals surface area contributed by atoms with E-state index in [0.717, 1.165) is 17.4 Å². The molecule has 1 N–H and O–H groups in total. The highest BCUT2D eigenvalue weighted by Gasteiger charge is 2.43. The maximum absolute atomic E-state index is 17.3. The third kappa shape index (κ3) is 7.18. The summed E-state index contributed by atoms with van der Waals surface area (Å²) in [5, 5.41) is 12.6. The molecule has 0 spiro atoms. The molecule has 282 valence electrons. The molecule has 53 heavy (non-hydrogen) atoms. The van der Waals surface area contributed by atoms with Crippen molar-refractivity contribution in [2.45, 2.75) is 96.4 Å². The number of hydrogen-bond donors (Lipinski definition) is 1. The van der Waals surface area contributed by atoms with Gasteiger partial charge in [0, 0.05) is 23.8 Å². The fraction of sp³-hybridized carbons (Fsp3) is 0.472. The van der Waals surface area contributed by atoms with Gasteiger partial charge in [-0.3, -0.25) is 9.53 Å². The lowest BCUT2D eigenvalue weighted by atomic mass is 9.96. The van der Waals surface area contributed by atoms with Gasteiger partial charge in [-0.1, -0.05) is 17.7 Å². The van der Waals surface area contributed by atoms with Gasteiger partial charge in [-0.15, -0.1) is 11.3 Å². The van der Waals surface area contributed by atoms with Crippen molar-refractivity contribution in [2.75, 3.05) is 29.6 Å². The SMILES string of the molecule is C[C@@H]1[C@H](N2C[C@H](C)Oc3c(Cl)c(-c4ccc(F)c5sc(NC(=O)OC(C)(C)C)c(C#N)c45)c(F)c4nc(S(C)=O)nc2c34)CCN1C(=O)OC(C)(C)C. The van der Waals surface area contributed by atoms with E-state index in [1.807, 2.05) is 17.9 Å². The van der Waals surface area contributed by atoms with Crippen LogP contribution in [0.25, 0.3) is 32.1 Å². The van der Waals surface area contributed by atoms with Crippen molar-refractivity contribution in [3.8, 4) is 22.9 Å². The molecule has 0 saturated carbocycles. The second-order valence-electron chi connectivity index (χ2n) is 15.0. The van der Waals surface area contributed by atoms with Crippen LogP contribution in [0.2, 0.25) is 5.02 Å². The maximum Gasteiger partial charge on any atom is 0.412 e. The van der Waals surface area contributed by atoms with Crippen LogP contribution >= 0.6 is 22.9 Å². The predicted octanol–water partition coefficient (Wildman–Crippen LogP) is 8.38. The van der Waals surface area contributed by atoms with Crippen LogP contribution in [0, 0.1) is 23.0 Å². The topological polar surface area (TPSA) is 147 Å². The molecular formula is C36H39ClF2N6O6S2. The van der Waals surface area contributed by atoms with E-state index in [4.69, 9.17) is 25.8 Å². The van der Waals surface area contributed by atoms with Gasteiger partial charge < -0.3 is 24.0 Å². The van der Waals surface area contributed by atoms with E-state index in [1.165, 1.54) is 12.3 Å². The molecule has 4 aromatic rings. The van der Waals surface area contributed by atoms with Crippen molar-refractivity contribution in [2.24, 2.45) is 0 Å². The lowest BCUT2D eigenvalue weighted by Gasteiger charge is -2.35. The second-order valence-corrected chi connectivity index (χ2v) is 17.7. The maximum atomic E-state index is 17.3. The van der Waals surface area contributed by atoms with Gasteiger partial charge in [0.05, 0.1) is 50.1 Å². The highest BCUT2D eigenvalue weighted by molar-refractivity contribution is 7.84. The Hall–Kier alpha value is -4.33. The zero-order valence-electron chi connectivity index (χ0n) is 30.6. The van der Waals surface area contributed by atoms with Crippen LogP contribution in [-0.2, 0) is 20.3 Å². The summed E-state index contributed by atoms with van der Waals surface area (Å²) < 4.78 is 63.1. The summed E-state index contributed by atoms with van der Waals surface area (Å²) >= 11 is 7.90. The number of anilines is 2. The lowest BCUT2D eigenvalue weighted by molar-refractivity contribution is 0.0232. The van der Waals surface area contributed by atoms with Gasteiger partial charge >= 0.3 is 12.2 Å². The van der Waals surface area contributed by atoms with Gasteiger partial charge in [-0.2, -0.15) is 5.26 Å². The Bertz CT molecular complexity index is 2250. The van der Waals surface area contributed by atoms with Crippen LogP contribution in [-0.4, -0.2) is 80.0 Å². The Balaban J connectivity index is 1.56. The van der Waals surface area contributed by atoms with Gasteiger partial charge in [-0.05, 0) is 73.4 Å². The standard InChI is InChI=1S/C36H39ClF2N6O6S2/c1-16-15-45(21-12-13-44(17(21)2)34(47)51-36(6,7)8)30-24-27(41-32(42-30)53(9)48)26(39)23(25(37)28(24)49-16)18-10-11-20(38)29-22(18)19(14-40)31(52-29)43-33(46)50-35(3,4)5/h10-11,16-17,21H,12-13,15H2,1-9H3,(H,43,46)/t16-,17+,21+,53?/m0/s1. The monoisotopic (exact) mass is 788 g/mol. The van der Waals surface area contributed by atoms with Crippen LogP contribution in [0.3, 0.4) is 0 Å². The van der Waals surface area contributed by atoms with Crippen molar-refractivity contribution in [3.05, 3.63) is 34.4 Å². The first kappa shape index (κ1) is 38.4. The van der Waals surface area contributed by atoms with E-state index in [2.05, 4.69) is 15.3 Å². The third-order valence-electron chi connectivity index (χ3n) is 8.77. The normalized spacial score (nSPS) is 19.5. The Morgan fingerprint density at radius 2 is 1.79 bits per heavy atom. The molecule has 2 aliphatic heterocycles. The molecule has 2 aromatic heterocycles. The molecule has 4 atom stereocenters. The largest absolute Gasteiger partial charge is 0.486 e. The van der Waals surface area contributed by atoms with E-state index in [9.17, 15) is 19.1 Å². The van der Waals surface area contributed by atoms with E-state index in [0.29, 0.717) is 13.0 Å². The third-order valence-corrected chi connectivity index (χ3v) is 10.9. The zero-order chi connectivity index (χ0) is 38.9. The van der Waals surface area contributed by atoms with Gasteiger partial charge in [0.25, 0.3) is 0 Å². The Morgan fingerprint density at radius 1 is 1.11 bits per heavy atom. The number of nitriles is 1. The van der Waals surface area contributed by atoms with Crippen LogP contribution in [0.1, 0.15) is 67.4 Å². The van der Waals surface area contributed by atoms with E-state index in [-0.39, 0.29) is 83.1 Å². The van der Waals surface area contributed by atoms with Gasteiger partial charge in [0.1, 0.15) is 45.5 Å². The number of rotatable bonds is 4. The summed E-state index contributed by atoms with van der Waals surface area (Å²) in [7, 11) is -1.77. The molecule has 4 heterocycles. The summed E-state index contributed by atoms with van der Waals surface area (Å²) in [6, 6.07) is 3.75. The number of thiophene rings is 1. The summed E-state index contributed by atoms with van der Waals surface area (Å²) in [6.45, 7) is 14.7. The van der Waals surface area contributed by atoms with Gasteiger partial charge in [0.2, 0.25) is 5.16 Å². The summed E-state index contributed by atoms with van der Waals surface area (Å²) in [4.78, 5) is 38.5. The quantitative estimate of drug-likeness (QED) is 0.200. The molecule has 12 nitrogen and oxygen atoms in total. The number of likely N-dealkylation sites (tertiary alicyclic amines) is 1. The molecule has 1 fully saturated rings. The summed E-state index contributed by atoms with van der Waals surface area (Å²) in [6.07, 6.45) is 0.0127. The molecular weight excluding hydrogens is 750 g/mol. The fourth-order valence-corrected chi connectivity index (χ4v) is 8.53. The lowest BCUT2D eigenvalue weighted by Crippen LogP contribution is -2.49. The first-order chi connectivity index (χ1) is 24.7. The van der Waals surface area contributed by atoms with Crippen LogP contribution in [0.5, 0.6) is 5.75 Å². The second kappa shape index (κ2) is 13.8.